The highest BCUT2D eigenvalue weighted by Gasteiger charge is 2.26. The van der Waals surface area contributed by atoms with E-state index in [4.69, 9.17) is 10.3 Å². The number of nitrogens with one attached hydrogen (secondary N) is 1. The van der Waals surface area contributed by atoms with Crippen molar-refractivity contribution in [2.24, 2.45) is 0 Å². The van der Waals surface area contributed by atoms with Crippen molar-refractivity contribution < 1.29 is 9.32 Å². The fourth-order valence-electron chi connectivity index (χ4n) is 2.50. The molecule has 0 saturated carbocycles. The molecule has 0 bridgehead atoms. The van der Waals surface area contributed by atoms with Gasteiger partial charge in [0.15, 0.2) is 5.69 Å². The molecule has 0 aliphatic heterocycles. The van der Waals surface area contributed by atoms with Crippen molar-refractivity contribution in [2.75, 3.05) is 17.7 Å². The van der Waals surface area contributed by atoms with Crippen molar-refractivity contribution in [2.45, 2.75) is 40.2 Å². The van der Waals surface area contributed by atoms with Gasteiger partial charge in [0.1, 0.15) is 17.1 Å². The number of nitrogens with zero attached hydrogens (tertiary/aromatic N) is 3. The molecule has 1 amide bonds. The molecule has 9 nitrogen and oxygen atoms in total. The third-order valence-corrected chi connectivity index (χ3v) is 3.84. The Balaban J connectivity index is 2.53. The summed E-state index contributed by atoms with van der Waals surface area (Å²) in [7, 11) is 1.42. The van der Waals surface area contributed by atoms with E-state index in [0.29, 0.717) is 18.0 Å². The molecule has 24 heavy (non-hydrogen) atoms. The number of unbranched alkanes of at least 4 members (excludes halogenated alkanes) is 1. The summed E-state index contributed by atoms with van der Waals surface area (Å²) < 4.78 is 6.25. The Labute approximate surface area is 138 Å². The highest BCUT2D eigenvalue weighted by Crippen LogP contribution is 2.21. The second kappa shape index (κ2) is 6.73. The van der Waals surface area contributed by atoms with Crippen LogP contribution in [-0.4, -0.2) is 27.7 Å². The van der Waals surface area contributed by atoms with Crippen LogP contribution in [0, 0.1) is 13.8 Å². The minimum atomic E-state index is -0.715. The van der Waals surface area contributed by atoms with Crippen LogP contribution in [0.25, 0.3) is 0 Å². The maximum atomic E-state index is 12.7. The fraction of sp³-hybridized carbons (Fsp3) is 0.467. The Kier molecular flexibility index (Phi) is 4.91. The van der Waals surface area contributed by atoms with Crippen LogP contribution in [0.2, 0.25) is 0 Å². The molecule has 0 aromatic carbocycles. The zero-order valence-electron chi connectivity index (χ0n) is 14.2. The van der Waals surface area contributed by atoms with Gasteiger partial charge >= 0.3 is 5.69 Å². The lowest BCUT2D eigenvalue weighted by Crippen LogP contribution is -2.39. The maximum absolute atomic E-state index is 12.7. The second-order valence-corrected chi connectivity index (χ2v) is 5.56. The number of aryl methyl sites for hydroxylation is 2. The van der Waals surface area contributed by atoms with Gasteiger partial charge in [-0.15, -0.1) is 0 Å². The van der Waals surface area contributed by atoms with Crippen LogP contribution in [-0.2, 0) is 6.54 Å². The van der Waals surface area contributed by atoms with Crippen molar-refractivity contribution in [1.82, 2.24) is 14.7 Å². The van der Waals surface area contributed by atoms with E-state index < -0.39 is 17.2 Å². The molecule has 0 radical (unpaired) electrons. The molecular weight excluding hydrogens is 314 g/mol. The molecule has 2 heterocycles. The minimum absolute atomic E-state index is 0.0418. The number of nitrogens with two attached hydrogens (primary N) is 1. The number of rotatable bonds is 5. The monoisotopic (exact) mass is 335 g/mol. The Hall–Kier alpha value is -2.84. The van der Waals surface area contributed by atoms with Crippen LogP contribution in [0.15, 0.2) is 14.1 Å². The standard InChI is InChI=1S/C15H21N5O4/c1-5-6-7-20-12(16)11(13(21)17-15(20)23)19(4)14(22)10-8(2)18-24-9(10)3/h5-7,16H2,1-4H3,(H,17,21,23). The molecule has 0 saturated heterocycles. The molecule has 0 aliphatic rings. The van der Waals surface area contributed by atoms with E-state index in [0.717, 1.165) is 17.7 Å². The van der Waals surface area contributed by atoms with Crippen LogP contribution in [0.5, 0.6) is 0 Å². The molecule has 2 rings (SSSR count). The van der Waals surface area contributed by atoms with Crippen molar-refractivity contribution in [3.8, 4) is 0 Å². The smallest absolute Gasteiger partial charge is 0.330 e. The molecule has 130 valence electrons. The molecule has 3 N–H and O–H groups in total. The van der Waals surface area contributed by atoms with E-state index in [-0.39, 0.29) is 17.1 Å². The topological polar surface area (TPSA) is 127 Å². The van der Waals surface area contributed by atoms with Crippen LogP contribution >= 0.6 is 0 Å². The van der Waals surface area contributed by atoms with E-state index in [9.17, 15) is 14.4 Å². The first-order chi connectivity index (χ1) is 11.3. The van der Waals surface area contributed by atoms with E-state index in [2.05, 4.69) is 10.1 Å². The summed E-state index contributed by atoms with van der Waals surface area (Å²) >= 11 is 0. The first-order valence-corrected chi connectivity index (χ1v) is 7.63. The van der Waals surface area contributed by atoms with Crippen molar-refractivity contribution in [3.63, 3.8) is 0 Å². The number of aromatic amines is 1. The van der Waals surface area contributed by atoms with E-state index in [1.807, 2.05) is 6.92 Å². The molecule has 0 atom stereocenters. The maximum Gasteiger partial charge on any atom is 0.330 e. The molecule has 0 aliphatic carbocycles. The number of carbonyl (C=O) groups is 1. The van der Waals surface area contributed by atoms with Gasteiger partial charge in [-0.25, -0.2) is 4.79 Å². The SMILES string of the molecule is CCCCn1c(N)c(N(C)C(=O)c2c(C)noc2C)c(=O)[nH]c1=O. The summed E-state index contributed by atoms with van der Waals surface area (Å²) in [5.41, 5.74) is 5.31. The third-order valence-electron chi connectivity index (χ3n) is 3.84. The second-order valence-electron chi connectivity index (χ2n) is 5.56. The Morgan fingerprint density at radius 1 is 1.38 bits per heavy atom. The van der Waals surface area contributed by atoms with E-state index in [1.54, 1.807) is 13.8 Å². The number of nitrogen functional groups attached to an aromatic ring is 1. The number of hydrogen-bond acceptors (Lipinski definition) is 6. The van der Waals surface area contributed by atoms with Crippen molar-refractivity contribution >= 4 is 17.4 Å². The number of carbonyl (C=O) groups excluding carboxylic acids is 1. The number of anilines is 2. The highest BCUT2D eigenvalue weighted by atomic mass is 16.5. The van der Waals surface area contributed by atoms with Gasteiger partial charge in [-0.05, 0) is 20.3 Å². The molecule has 2 aromatic heterocycles. The first-order valence-electron chi connectivity index (χ1n) is 7.63. The number of H-pyrrole nitrogens is 1. The molecule has 0 unspecified atom stereocenters. The Morgan fingerprint density at radius 3 is 2.58 bits per heavy atom. The minimum Gasteiger partial charge on any atom is -0.383 e. The molecule has 0 spiro atoms. The van der Waals surface area contributed by atoms with Crippen LogP contribution in [0.3, 0.4) is 0 Å². The van der Waals surface area contributed by atoms with E-state index in [1.165, 1.54) is 11.6 Å². The summed E-state index contributed by atoms with van der Waals surface area (Å²) in [6.45, 7) is 5.57. The fourth-order valence-corrected chi connectivity index (χ4v) is 2.50. The van der Waals surface area contributed by atoms with Gasteiger partial charge in [-0.3, -0.25) is 19.1 Å². The normalized spacial score (nSPS) is 10.8. The van der Waals surface area contributed by atoms with Crippen LogP contribution in [0.4, 0.5) is 11.5 Å². The predicted molar refractivity (Wildman–Crippen MR) is 89.4 cm³/mol. The average molecular weight is 335 g/mol. The van der Waals surface area contributed by atoms with Gasteiger partial charge in [0.05, 0.1) is 5.69 Å². The summed E-state index contributed by atoms with van der Waals surface area (Å²) in [5.74, 6) is -0.178. The summed E-state index contributed by atoms with van der Waals surface area (Å²) in [5, 5.41) is 3.74. The van der Waals surface area contributed by atoms with Gasteiger partial charge in [-0.2, -0.15) is 0 Å². The highest BCUT2D eigenvalue weighted by molar-refractivity contribution is 6.08. The van der Waals surface area contributed by atoms with Crippen LogP contribution in [0.1, 0.15) is 41.6 Å². The lowest BCUT2D eigenvalue weighted by Gasteiger charge is -2.20. The molecular formula is C15H21N5O4. The lowest BCUT2D eigenvalue weighted by atomic mass is 10.1. The van der Waals surface area contributed by atoms with Gasteiger partial charge in [-0.1, -0.05) is 18.5 Å². The quantitative estimate of drug-likeness (QED) is 0.832. The Morgan fingerprint density at radius 2 is 2.04 bits per heavy atom. The van der Waals surface area contributed by atoms with Gasteiger partial charge in [0.25, 0.3) is 11.5 Å². The predicted octanol–water partition coefficient (Wildman–Crippen LogP) is 0.800. The zero-order valence-corrected chi connectivity index (χ0v) is 14.2. The molecule has 2 aromatic rings. The van der Waals surface area contributed by atoms with Crippen LogP contribution < -0.4 is 21.9 Å². The first kappa shape index (κ1) is 17.5. The largest absolute Gasteiger partial charge is 0.383 e. The van der Waals surface area contributed by atoms with Gasteiger partial charge < -0.3 is 15.2 Å². The molecule has 0 fully saturated rings. The Bertz CT molecular complexity index is 857. The summed E-state index contributed by atoms with van der Waals surface area (Å²) in [6.07, 6.45) is 1.57. The zero-order chi connectivity index (χ0) is 18.0. The van der Waals surface area contributed by atoms with Gasteiger partial charge in [0.2, 0.25) is 0 Å². The third kappa shape index (κ3) is 2.97. The van der Waals surface area contributed by atoms with E-state index >= 15 is 0 Å². The average Bonchev–Trinajstić information content (AvgIpc) is 2.85. The number of hydrogen-bond donors (Lipinski definition) is 2. The van der Waals surface area contributed by atoms with Gasteiger partial charge in [0, 0.05) is 13.6 Å². The van der Waals surface area contributed by atoms with Crippen molar-refractivity contribution in [1.29, 1.82) is 0 Å². The number of aromatic nitrogens is 3. The number of amides is 1. The lowest BCUT2D eigenvalue weighted by molar-refractivity contribution is 0.0990. The molecule has 9 heteroatoms. The summed E-state index contributed by atoms with van der Waals surface area (Å²) in [6, 6.07) is 0. The van der Waals surface area contributed by atoms with Crippen molar-refractivity contribution in [3.05, 3.63) is 37.9 Å². The summed E-state index contributed by atoms with van der Waals surface area (Å²) in [4.78, 5) is 40.2.